The molecule has 4 nitrogen and oxygen atoms in total. The fraction of sp³-hybridized carbons (Fsp3) is 0.364. The first-order chi connectivity index (χ1) is 7.17. The van der Waals surface area contributed by atoms with Crippen LogP contribution in [0.3, 0.4) is 0 Å². The maximum Gasteiger partial charge on any atom is 0.311 e. The van der Waals surface area contributed by atoms with Crippen molar-refractivity contribution in [3.63, 3.8) is 0 Å². The lowest BCUT2D eigenvalue weighted by atomic mass is 9.77. The summed E-state index contributed by atoms with van der Waals surface area (Å²) in [6, 6.07) is 3.59. The number of hydrogen-bond acceptors (Lipinski definition) is 3. The van der Waals surface area contributed by atoms with Crippen LogP contribution in [0.2, 0.25) is 0 Å². The van der Waals surface area contributed by atoms with E-state index in [1.54, 1.807) is 20.3 Å². The van der Waals surface area contributed by atoms with Gasteiger partial charge in [-0.1, -0.05) is 0 Å². The van der Waals surface area contributed by atoms with E-state index in [2.05, 4.69) is 0 Å². The van der Waals surface area contributed by atoms with Crippen LogP contribution >= 0.6 is 0 Å². The predicted octanol–water partition coefficient (Wildman–Crippen LogP) is 1.43. The van der Waals surface area contributed by atoms with E-state index >= 15 is 0 Å². The summed E-state index contributed by atoms with van der Waals surface area (Å²) >= 11 is 0. The van der Waals surface area contributed by atoms with Gasteiger partial charge in [-0.05, 0) is 29.7 Å². The molecule has 1 aromatic rings. The van der Waals surface area contributed by atoms with E-state index in [1.165, 1.54) is 0 Å². The molecule has 0 bridgehead atoms. The molecule has 0 fully saturated rings. The molecular weight excluding hydrogens is 196 g/mol. The van der Waals surface area contributed by atoms with E-state index in [1.807, 2.05) is 6.07 Å². The zero-order chi connectivity index (χ0) is 11.0. The highest BCUT2D eigenvalue weighted by molar-refractivity contribution is 5.81. The lowest BCUT2D eigenvalue weighted by molar-refractivity contribution is -0.139. The Bertz CT molecular complexity index is 411. The molecule has 1 aromatic carbocycles. The minimum atomic E-state index is -0.783. The van der Waals surface area contributed by atoms with Gasteiger partial charge in [-0.2, -0.15) is 0 Å². The molecule has 0 aliphatic heterocycles. The summed E-state index contributed by atoms with van der Waals surface area (Å²) in [5.74, 6) is 0.0665. The van der Waals surface area contributed by atoms with Gasteiger partial charge >= 0.3 is 5.97 Å². The Kier molecular flexibility index (Phi) is 2.26. The SMILES string of the molecule is COc1cc2c(cc1OC)C(C(=O)O)C2. The zero-order valence-electron chi connectivity index (χ0n) is 8.61. The molecule has 0 saturated carbocycles. The number of hydrogen-bond donors (Lipinski definition) is 1. The van der Waals surface area contributed by atoms with E-state index < -0.39 is 5.97 Å². The average Bonchev–Trinajstić information content (AvgIpc) is 2.19. The van der Waals surface area contributed by atoms with Crippen molar-refractivity contribution in [1.82, 2.24) is 0 Å². The molecule has 0 radical (unpaired) electrons. The molecule has 0 aromatic heterocycles. The summed E-state index contributed by atoms with van der Waals surface area (Å²) < 4.78 is 10.2. The summed E-state index contributed by atoms with van der Waals surface area (Å²) in [6.07, 6.45) is 0.574. The molecule has 2 rings (SSSR count). The van der Waals surface area contributed by atoms with Crippen molar-refractivity contribution >= 4 is 5.97 Å². The van der Waals surface area contributed by atoms with Gasteiger partial charge in [0, 0.05) is 0 Å². The Morgan fingerprint density at radius 1 is 1.33 bits per heavy atom. The maximum atomic E-state index is 10.8. The molecule has 1 aliphatic carbocycles. The number of carboxylic acids is 1. The van der Waals surface area contributed by atoms with E-state index in [4.69, 9.17) is 14.6 Å². The molecule has 1 unspecified atom stereocenters. The van der Waals surface area contributed by atoms with Crippen molar-refractivity contribution < 1.29 is 19.4 Å². The van der Waals surface area contributed by atoms with Crippen LogP contribution < -0.4 is 9.47 Å². The van der Waals surface area contributed by atoms with Crippen molar-refractivity contribution in [2.45, 2.75) is 12.3 Å². The summed E-state index contributed by atoms with van der Waals surface area (Å²) in [6.45, 7) is 0. The van der Waals surface area contributed by atoms with Gasteiger partial charge in [0.15, 0.2) is 11.5 Å². The van der Waals surface area contributed by atoms with Crippen LogP contribution in [0.1, 0.15) is 17.0 Å². The smallest absolute Gasteiger partial charge is 0.311 e. The van der Waals surface area contributed by atoms with Crippen molar-refractivity contribution in [3.8, 4) is 11.5 Å². The molecule has 1 atom stereocenters. The van der Waals surface area contributed by atoms with Gasteiger partial charge < -0.3 is 14.6 Å². The summed E-state index contributed by atoms with van der Waals surface area (Å²) in [5, 5.41) is 8.90. The second-order valence-electron chi connectivity index (χ2n) is 3.50. The average molecular weight is 208 g/mol. The highest BCUT2D eigenvalue weighted by Crippen LogP contribution is 2.42. The number of aliphatic carboxylic acids is 1. The van der Waals surface area contributed by atoms with Crippen LogP contribution in [0.4, 0.5) is 0 Å². The summed E-state index contributed by atoms with van der Waals surface area (Å²) in [7, 11) is 3.11. The number of carbonyl (C=O) groups is 1. The Morgan fingerprint density at radius 3 is 2.47 bits per heavy atom. The quantitative estimate of drug-likeness (QED) is 0.816. The number of fused-ring (bicyclic) bond motifs is 1. The molecule has 0 saturated heterocycles. The Labute approximate surface area is 87.4 Å². The highest BCUT2D eigenvalue weighted by atomic mass is 16.5. The number of carboxylic acid groups (broad SMARTS) is 1. The maximum absolute atomic E-state index is 10.8. The number of benzene rings is 1. The number of ether oxygens (including phenoxy) is 2. The summed E-state index contributed by atoms with van der Waals surface area (Å²) in [4.78, 5) is 10.8. The van der Waals surface area contributed by atoms with E-state index in [0.717, 1.165) is 11.1 Å². The Hall–Kier alpha value is -1.71. The van der Waals surface area contributed by atoms with Crippen LogP contribution in [-0.2, 0) is 11.2 Å². The van der Waals surface area contributed by atoms with Crippen LogP contribution in [0.15, 0.2) is 12.1 Å². The highest BCUT2D eigenvalue weighted by Gasteiger charge is 2.33. The van der Waals surface area contributed by atoms with E-state index in [-0.39, 0.29) is 5.92 Å². The minimum Gasteiger partial charge on any atom is -0.493 e. The molecule has 0 amide bonds. The molecule has 0 spiro atoms. The third-order valence-electron chi connectivity index (χ3n) is 2.74. The molecule has 15 heavy (non-hydrogen) atoms. The molecular formula is C11H12O4. The predicted molar refractivity (Wildman–Crippen MR) is 53.6 cm³/mol. The topological polar surface area (TPSA) is 55.8 Å². The molecule has 0 heterocycles. The van der Waals surface area contributed by atoms with Gasteiger partial charge in [0.2, 0.25) is 0 Å². The minimum absolute atomic E-state index is 0.389. The molecule has 80 valence electrons. The fourth-order valence-corrected chi connectivity index (χ4v) is 1.86. The summed E-state index contributed by atoms with van der Waals surface area (Å²) in [5.41, 5.74) is 1.86. The zero-order valence-corrected chi connectivity index (χ0v) is 8.61. The van der Waals surface area contributed by atoms with Gasteiger partial charge in [-0.25, -0.2) is 0 Å². The van der Waals surface area contributed by atoms with Crippen molar-refractivity contribution in [2.75, 3.05) is 14.2 Å². The molecule has 4 heteroatoms. The Balaban J connectivity index is 2.41. The first-order valence-corrected chi connectivity index (χ1v) is 4.65. The normalized spacial score (nSPS) is 17.6. The first kappa shape index (κ1) is 9.83. The fourth-order valence-electron chi connectivity index (χ4n) is 1.86. The van der Waals surface area contributed by atoms with Crippen LogP contribution in [0, 0.1) is 0 Å². The van der Waals surface area contributed by atoms with Gasteiger partial charge in [0.25, 0.3) is 0 Å². The lowest BCUT2D eigenvalue weighted by Gasteiger charge is -2.27. The number of rotatable bonds is 3. The van der Waals surface area contributed by atoms with Gasteiger partial charge in [-0.15, -0.1) is 0 Å². The largest absolute Gasteiger partial charge is 0.493 e. The van der Waals surface area contributed by atoms with E-state index in [9.17, 15) is 4.79 Å². The first-order valence-electron chi connectivity index (χ1n) is 4.65. The van der Waals surface area contributed by atoms with Crippen molar-refractivity contribution in [3.05, 3.63) is 23.3 Å². The third kappa shape index (κ3) is 1.42. The second kappa shape index (κ2) is 3.46. The Morgan fingerprint density at radius 2 is 1.93 bits per heavy atom. The van der Waals surface area contributed by atoms with Crippen LogP contribution in [0.5, 0.6) is 11.5 Å². The second-order valence-corrected chi connectivity index (χ2v) is 3.50. The molecule has 1 aliphatic rings. The lowest BCUT2D eigenvalue weighted by Crippen LogP contribution is -2.25. The third-order valence-corrected chi connectivity index (χ3v) is 2.74. The van der Waals surface area contributed by atoms with Crippen molar-refractivity contribution in [2.24, 2.45) is 0 Å². The van der Waals surface area contributed by atoms with Gasteiger partial charge in [0.05, 0.1) is 20.1 Å². The molecule has 1 N–H and O–H groups in total. The van der Waals surface area contributed by atoms with Gasteiger partial charge in [0.1, 0.15) is 0 Å². The standard InChI is InChI=1S/C11H12O4/c1-14-9-4-6-3-8(11(12)13)7(6)5-10(9)15-2/h4-5,8H,3H2,1-2H3,(H,12,13). The van der Waals surface area contributed by atoms with Crippen molar-refractivity contribution in [1.29, 1.82) is 0 Å². The van der Waals surface area contributed by atoms with E-state index in [0.29, 0.717) is 17.9 Å². The van der Waals surface area contributed by atoms with Crippen LogP contribution in [-0.4, -0.2) is 25.3 Å². The monoisotopic (exact) mass is 208 g/mol. The van der Waals surface area contributed by atoms with Crippen LogP contribution in [0.25, 0.3) is 0 Å². The number of methoxy groups -OCH3 is 2. The van der Waals surface area contributed by atoms with Gasteiger partial charge in [-0.3, -0.25) is 4.79 Å².